The summed E-state index contributed by atoms with van der Waals surface area (Å²) in [6.45, 7) is 5.92. The van der Waals surface area contributed by atoms with Crippen molar-refractivity contribution in [2.24, 2.45) is 4.99 Å². The van der Waals surface area contributed by atoms with E-state index >= 15 is 0 Å². The Bertz CT molecular complexity index is 704. The van der Waals surface area contributed by atoms with Gasteiger partial charge in [0.2, 0.25) is 0 Å². The number of carbonyl (C=O) groups is 1. The van der Waals surface area contributed by atoms with E-state index in [0.29, 0.717) is 25.4 Å². The van der Waals surface area contributed by atoms with E-state index in [1.54, 1.807) is 13.1 Å². The molecule has 0 atom stereocenters. The van der Waals surface area contributed by atoms with Crippen LogP contribution in [0.2, 0.25) is 0 Å². The van der Waals surface area contributed by atoms with Crippen LogP contribution in [-0.2, 0) is 6.54 Å². The molecule has 0 aliphatic carbocycles. The van der Waals surface area contributed by atoms with Gasteiger partial charge in [0, 0.05) is 32.2 Å². The molecule has 2 rings (SSSR count). The predicted molar refractivity (Wildman–Crippen MR) is 99.8 cm³/mol. The maximum atomic E-state index is 11.9. The second kappa shape index (κ2) is 9.52. The van der Waals surface area contributed by atoms with Gasteiger partial charge in [-0.25, -0.2) is 0 Å². The fraction of sp³-hybridized carbons (Fsp3) is 0.368. The molecule has 0 bridgehead atoms. The molecule has 1 heterocycles. The highest BCUT2D eigenvalue weighted by molar-refractivity contribution is 5.92. The van der Waals surface area contributed by atoms with Crippen molar-refractivity contribution in [2.45, 2.75) is 26.8 Å². The fourth-order valence-electron chi connectivity index (χ4n) is 2.30. The number of hydrogen-bond acceptors (Lipinski definition) is 3. The summed E-state index contributed by atoms with van der Waals surface area (Å²) >= 11 is 0. The van der Waals surface area contributed by atoms with Crippen LogP contribution in [0.15, 0.2) is 46.0 Å². The highest BCUT2D eigenvalue weighted by Gasteiger charge is 2.11. The third kappa shape index (κ3) is 5.99. The fourth-order valence-corrected chi connectivity index (χ4v) is 2.30. The zero-order chi connectivity index (χ0) is 18.1. The van der Waals surface area contributed by atoms with Gasteiger partial charge in [0.15, 0.2) is 11.7 Å². The summed E-state index contributed by atoms with van der Waals surface area (Å²) < 4.78 is 5.16. The smallest absolute Gasteiger partial charge is 0.287 e. The molecule has 6 nitrogen and oxygen atoms in total. The Morgan fingerprint density at radius 3 is 2.40 bits per heavy atom. The second-order valence-corrected chi connectivity index (χ2v) is 5.88. The van der Waals surface area contributed by atoms with E-state index < -0.39 is 0 Å². The Hall–Kier alpha value is -2.76. The normalized spacial score (nSPS) is 11.2. The molecular weight excluding hydrogens is 316 g/mol. The maximum Gasteiger partial charge on any atom is 0.287 e. The van der Waals surface area contributed by atoms with Gasteiger partial charge in [-0.1, -0.05) is 29.8 Å². The SMILES string of the molecule is CN=C(NCCCNC(=O)c1occc1C)NCc1ccc(C)cc1. The quantitative estimate of drug-likeness (QED) is 0.410. The minimum Gasteiger partial charge on any atom is -0.459 e. The third-order valence-corrected chi connectivity index (χ3v) is 3.80. The van der Waals surface area contributed by atoms with E-state index in [1.165, 1.54) is 17.4 Å². The lowest BCUT2D eigenvalue weighted by molar-refractivity contribution is 0.0925. The topological polar surface area (TPSA) is 78.7 Å². The second-order valence-electron chi connectivity index (χ2n) is 5.88. The summed E-state index contributed by atoms with van der Waals surface area (Å²) in [5.74, 6) is 0.946. The molecule has 1 aromatic carbocycles. The van der Waals surface area contributed by atoms with Crippen LogP contribution in [0.5, 0.6) is 0 Å². The Morgan fingerprint density at radius 2 is 1.76 bits per heavy atom. The first-order chi connectivity index (χ1) is 12.1. The number of carbonyl (C=O) groups excluding carboxylic acids is 1. The summed E-state index contributed by atoms with van der Waals surface area (Å²) in [5, 5.41) is 9.35. The van der Waals surface area contributed by atoms with Crippen molar-refractivity contribution < 1.29 is 9.21 Å². The van der Waals surface area contributed by atoms with Gasteiger partial charge in [-0.15, -0.1) is 0 Å². The molecule has 0 aliphatic rings. The zero-order valence-corrected chi connectivity index (χ0v) is 15.1. The molecular formula is C19H26N4O2. The molecule has 0 saturated carbocycles. The lowest BCUT2D eigenvalue weighted by Crippen LogP contribution is -2.38. The van der Waals surface area contributed by atoms with Gasteiger partial charge in [0.25, 0.3) is 5.91 Å². The average Bonchev–Trinajstić information content (AvgIpc) is 3.04. The van der Waals surface area contributed by atoms with E-state index in [9.17, 15) is 4.79 Å². The van der Waals surface area contributed by atoms with Gasteiger partial charge >= 0.3 is 0 Å². The number of amides is 1. The zero-order valence-electron chi connectivity index (χ0n) is 15.1. The molecule has 1 aromatic heterocycles. The Morgan fingerprint density at radius 1 is 1.04 bits per heavy atom. The Kier molecular flexibility index (Phi) is 7.07. The van der Waals surface area contributed by atoms with Crippen LogP contribution >= 0.6 is 0 Å². The molecule has 0 spiro atoms. The molecule has 6 heteroatoms. The molecule has 2 aromatic rings. The van der Waals surface area contributed by atoms with Crippen molar-refractivity contribution in [3.05, 3.63) is 59.0 Å². The van der Waals surface area contributed by atoms with Gasteiger partial charge < -0.3 is 20.4 Å². The maximum absolute atomic E-state index is 11.9. The third-order valence-electron chi connectivity index (χ3n) is 3.80. The number of nitrogens with one attached hydrogen (secondary N) is 3. The van der Waals surface area contributed by atoms with Crippen LogP contribution < -0.4 is 16.0 Å². The van der Waals surface area contributed by atoms with Gasteiger partial charge in [-0.3, -0.25) is 9.79 Å². The first-order valence-electron chi connectivity index (χ1n) is 8.42. The average molecular weight is 342 g/mol. The van der Waals surface area contributed by atoms with E-state index in [-0.39, 0.29) is 5.91 Å². The lowest BCUT2D eigenvalue weighted by atomic mass is 10.1. The predicted octanol–water partition coefficient (Wildman–Crippen LogP) is 2.38. The summed E-state index contributed by atoms with van der Waals surface area (Å²) in [5.41, 5.74) is 3.30. The highest BCUT2D eigenvalue weighted by atomic mass is 16.3. The minimum atomic E-state index is -0.177. The Labute approximate surface area is 148 Å². The van der Waals surface area contributed by atoms with Crippen molar-refractivity contribution in [1.29, 1.82) is 0 Å². The largest absolute Gasteiger partial charge is 0.459 e. The minimum absolute atomic E-state index is 0.177. The number of benzene rings is 1. The van der Waals surface area contributed by atoms with E-state index in [1.807, 2.05) is 6.92 Å². The van der Waals surface area contributed by atoms with E-state index in [2.05, 4.69) is 52.1 Å². The molecule has 0 aliphatic heterocycles. The molecule has 0 fully saturated rings. The van der Waals surface area contributed by atoms with Crippen molar-refractivity contribution in [3.8, 4) is 0 Å². The Balaban J connectivity index is 1.63. The highest BCUT2D eigenvalue weighted by Crippen LogP contribution is 2.07. The number of guanidine groups is 1. The molecule has 1 amide bonds. The summed E-state index contributed by atoms with van der Waals surface area (Å²) in [4.78, 5) is 16.1. The summed E-state index contributed by atoms with van der Waals surface area (Å²) in [6, 6.07) is 10.2. The summed E-state index contributed by atoms with van der Waals surface area (Å²) in [7, 11) is 1.74. The van der Waals surface area contributed by atoms with Gasteiger partial charge in [0.1, 0.15) is 0 Å². The summed E-state index contributed by atoms with van der Waals surface area (Å²) in [6.07, 6.45) is 2.31. The van der Waals surface area contributed by atoms with Crippen LogP contribution in [0.1, 0.15) is 33.7 Å². The van der Waals surface area contributed by atoms with Crippen LogP contribution in [0.3, 0.4) is 0 Å². The van der Waals surface area contributed by atoms with Gasteiger partial charge in [0.05, 0.1) is 6.26 Å². The van der Waals surface area contributed by atoms with Crippen molar-refractivity contribution >= 4 is 11.9 Å². The molecule has 0 radical (unpaired) electrons. The number of aryl methyl sites for hydroxylation is 2. The first-order valence-corrected chi connectivity index (χ1v) is 8.42. The molecule has 0 saturated heterocycles. The standard InChI is InChI=1S/C19H26N4O2/c1-14-5-7-16(8-6-14)13-23-19(20-3)22-11-4-10-21-18(24)17-15(2)9-12-25-17/h5-9,12H,4,10-11,13H2,1-3H3,(H,21,24)(H2,20,22,23). The van der Waals surface area contributed by atoms with Crippen LogP contribution in [-0.4, -0.2) is 32.0 Å². The van der Waals surface area contributed by atoms with Crippen molar-refractivity contribution in [2.75, 3.05) is 20.1 Å². The monoisotopic (exact) mass is 342 g/mol. The number of hydrogen-bond donors (Lipinski definition) is 3. The van der Waals surface area contributed by atoms with E-state index in [0.717, 1.165) is 17.9 Å². The molecule has 3 N–H and O–H groups in total. The van der Waals surface area contributed by atoms with Crippen LogP contribution in [0.25, 0.3) is 0 Å². The molecule has 134 valence electrons. The van der Waals surface area contributed by atoms with Gasteiger partial charge in [-0.05, 0) is 31.9 Å². The molecule has 25 heavy (non-hydrogen) atoms. The number of nitrogens with zero attached hydrogens (tertiary/aromatic N) is 1. The van der Waals surface area contributed by atoms with Crippen LogP contribution in [0.4, 0.5) is 0 Å². The first kappa shape index (κ1) is 18.6. The number of aliphatic imine (C=N–C) groups is 1. The van der Waals surface area contributed by atoms with Crippen LogP contribution in [0, 0.1) is 13.8 Å². The van der Waals surface area contributed by atoms with Gasteiger partial charge in [-0.2, -0.15) is 0 Å². The van der Waals surface area contributed by atoms with E-state index in [4.69, 9.17) is 4.42 Å². The number of furan rings is 1. The van der Waals surface area contributed by atoms with Crippen molar-refractivity contribution in [1.82, 2.24) is 16.0 Å². The molecule has 0 unspecified atom stereocenters. The number of rotatable bonds is 7. The lowest BCUT2D eigenvalue weighted by Gasteiger charge is -2.12. The van der Waals surface area contributed by atoms with Crippen molar-refractivity contribution in [3.63, 3.8) is 0 Å².